The standard InChI is InChI=1S/C23H19N3OS2/c1-27-18-11-9-16(10-12-18)20-15-29-23(24-20)26-21(17-6-3-2-4-7-17)14-19(25-26)22-8-5-13-28-22/h2-13,15,21H,14H2,1H3. The Morgan fingerprint density at radius 3 is 2.52 bits per heavy atom. The molecule has 1 aliphatic heterocycles. The second-order valence-electron chi connectivity index (χ2n) is 6.74. The van der Waals surface area contributed by atoms with Crippen molar-refractivity contribution < 1.29 is 4.74 Å². The predicted molar refractivity (Wildman–Crippen MR) is 121 cm³/mol. The van der Waals surface area contributed by atoms with Gasteiger partial charge in [-0.2, -0.15) is 5.10 Å². The second kappa shape index (κ2) is 7.81. The van der Waals surface area contributed by atoms with Gasteiger partial charge in [0.25, 0.3) is 0 Å². The number of thiazole rings is 1. The van der Waals surface area contributed by atoms with Crippen molar-refractivity contribution in [2.45, 2.75) is 12.5 Å². The Morgan fingerprint density at radius 1 is 0.966 bits per heavy atom. The lowest BCUT2D eigenvalue weighted by Gasteiger charge is -2.21. The Kier molecular flexibility index (Phi) is 4.87. The Hall–Kier alpha value is -2.96. The lowest BCUT2D eigenvalue weighted by molar-refractivity contribution is 0.415. The minimum atomic E-state index is 0.156. The summed E-state index contributed by atoms with van der Waals surface area (Å²) >= 11 is 3.36. The van der Waals surface area contributed by atoms with Gasteiger partial charge in [0.15, 0.2) is 0 Å². The lowest BCUT2D eigenvalue weighted by Crippen LogP contribution is -2.18. The van der Waals surface area contributed by atoms with E-state index < -0.39 is 0 Å². The van der Waals surface area contributed by atoms with Crippen molar-refractivity contribution in [1.29, 1.82) is 0 Å². The number of benzene rings is 2. The van der Waals surface area contributed by atoms with E-state index in [4.69, 9.17) is 14.8 Å². The summed E-state index contributed by atoms with van der Waals surface area (Å²) < 4.78 is 5.26. The van der Waals surface area contributed by atoms with Gasteiger partial charge in [0, 0.05) is 17.4 Å². The first-order valence-electron chi connectivity index (χ1n) is 9.37. The molecule has 0 saturated carbocycles. The Labute approximate surface area is 177 Å². The van der Waals surface area contributed by atoms with Crippen LogP contribution in [0.3, 0.4) is 0 Å². The van der Waals surface area contributed by atoms with Crippen molar-refractivity contribution in [3.05, 3.63) is 87.9 Å². The number of methoxy groups -OCH3 is 1. The van der Waals surface area contributed by atoms with Crippen molar-refractivity contribution in [2.24, 2.45) is 5.10 Å². The summed E-state index contributed by atoms with van der Waals surface area (Å²) in [6, 6.07) is 22.9. The maximum absolute atomic E-state index is 5.26. The quantitative estimate of drug-likeness (QED) is 0.386. The van der Waals surface area contributed by atoms with Crippen LogP contribution in [0.15, 0.2) is 82.6 Å². The molecule has 1 aliphatic rings. The molecule has 4 nitrogen and oxygen atoms in total. The van der Waals surface area contributed by atoms with E-state index in [0.29, 0.717) is 0 Å². The highest BCUT2D eigenvalue weighted by Crippen LogP contribution is 2.39. The Balaban J connectivity index is 1.50. The Morgan fingerprint density at radius 2 is 1.79 bits per heavy atom. The summed E-state index contributed by atoms with van der Waals surface area (Å²) in [5, 5.41) is 12.2. The van der Waals surface area contributed by atoms with Crippen LogP contribution in [0.5, 0.6) is 5.75 Å². The average Bonchev–Trinajstić information content (AvgIpc) is 3.54. The van der Waals surface area contributed by atoms with Gasteiger partial charge in [0.1, 0.15) is 5.75 Å². The predicted octanol–water partition coefficient (Wildman–Crippen LogP) is 6.24. The molecule has 6 heteroatoms. The maximum Gasteiger partial charge on any atom is 0.207 e. The Bertz CT molecular complexity index is 1120. The summed E-state index contributed by atoms with van der Waals surface area (Å²) in [6.45, 7) is 0. The SMILES string of the molecule is COc1ccc(-c2csc(N3N=C(c4cccs4)CC3c3ccccc3)n2)cc1. The van der Waals surface area contributed by atoms with Crippen molar-refractivity contribution in [3.8, 4) is 17.0 Å². The number of thiophene rings is 1. The van der Waals surface area contributed by atoms with Crippen LogP contribution in [0.4, 0.5) is 5.13 Å². The van der Waals surface area contributed by atoms with E-state index in [1.54, 1.807) is 29.8 Å². The topological polar surface area (TPSA) is 37.7 Å². The van der Waals surface area contributed by atoms with E-state index in [1.807, 2.05) is 24.3 Å². The first-order valence-corrected chi connectivity index (χ1v) is 11.1. The molecule has 3 heterocycles. The smallest absolute Gasteiger partial charge is 0.207 e. The van der Waals surface area contributed by atoms with Gasteiger partial charge in [0.05, 0.1) is 29.4 Å². The fraction of sp³-hybridized carbons (Fsp3) is 0.130. The molecule has 29 heavy (non-hydrogen) atoms. The minimum absolute atomic E-state index is 0.156. The molecule has 0 fully saturated rings. The third kappa shape index (κ3) is 3.57. The molecule has 0 amide bonds. The van der Waals surface area contributed by atoms with Gasteiger partial charge in [-0.3, -0.25) is 0 Å². The van der Waals surface area contributed by atoms with Gasteiger partial charge >= 0.3 is 0 Å². The molecule has 0 bridgehead atoms. The molecule has 1 unspecified atom stereocenters. The third-order valence-electron chi connectivity index (χ3n) is 4.97. The number of nitrogens with zero attached hydrogens (tertiary/aromatic N) is 3. The van der Waals surface area contributed by atoms with Crippen LogP contribution in [0.25, 0.3) is 11.3 Å². The van der Waals surface area contributed by atoms with E-state index >= 15 is 0 Å². The summed E-state index contributed by atoms with van der Waals surface area (Å²) in [6.07, 6.45) is 0.877. The number of ether oxygens (including phenoxy) is 1. The van der Waals surface area contributed by atoms with Crippen LogP contribution in [-0.4, -0.2) is 17.8 Å². The molecule has 144 valence electrons. The number of hydrogen-bond acceptors (Lipinski definition) is 6. The molecule has 0 radical (unpaired) electrons. The summed E-state index contributed by atoms with van der Waals surface area (Å²) in [4.78, 5) is 6.13. The number of hydrogen-bond donors (Lipinski definition) is 0. The highest BCUT2D eigenvalue weighted by molar-refractivity contribution is 7.14. The molecule has 2 aromatic carbocycles. The monoisotopic (exact) mass is 417 g/mol. The van der Waals surface area contributed by atoms with Crippen molar-refractivity contribution in [2.75, 3.05) is 12.1 Å². The number of rotatable bonds is 5. The van der Waals surface area contributed by atoms with E-state index in [0.717, 1.165) is 34.3 Å². The van der Waals surface area contributed by atoms with Crippen LogP contribution in [-0.2, 0) is 0 Å². The largest absolute Gasteiger partial charge is 0.497 e. The highest BCUT2D eigenvalue weighted by atomic mass is 32.1. The van der Waals surface area contributed by atoms with Crippen LogP contribution >= 0.6 is 22.7 Å². The van der Waals surface area contributed by atoms with E-state index in [1.165, 1.54) is 10.4 Å². The molecule has 0 saturated heterocycles. The number of aromatic nitrogens is 1. The molecule has 0 spiro atoms. The molecule has 1 atom stereocenters. The number of hydrazone groups is 1. The average molecular weight is 418 g/mol. The van der Waals surface area contributed by atoms with Crippen LogP contribution < -0.4 is 9.75 Å². The molecule has 2 aromatic heterocycles. The van der Waals surface area contributed by atoms with Gasteiger partial charge in [-0.1, -0.05) is 36.4 Å². The minimum Gasteiger partial charge on any atom is -0.497 e. The lowest BCUT2D eigenvalue weighted by atomic mass is 10.0. The molecular formula is C23H19N3OS2. The summed E-state index contributed by atoms with van der Waals surface area (Å²) in [5.74, 6) is 0.845. The first kappa shape index (κ1) is 18.1. The second-order valence-corrected chi connectivity index (χ2v) is 8.53. The van der Waals surface area contributed by atoms with Gasteiger partial charge in [0.2, 0.25) is 5.13 Å². The molecular weight excluding hydrogens is 398 g/mol. The number of anilines is 1. The maximum atomic E-state index is 5.26. The van der Waals surface area contributed by atoms with Crippen LogP contribution in [0.2, 0.25) is 0 Å². The summed E-state index contributed by atoms with van der Waals surface area (Å²) in [5.41, 5.74) is 4.41. The summed E-state index contributed by atoms with van der Waals surface area (Å²) in [7, 11) is 1.68. The zero-order valence-electron chi connectivity index (χ0n) is 15.9. The highest BCUT2D eigenvalue weighted by Gasteiger charge is 2.32. The molecule has 5 rings (SSSR count). The molecule has 0 N–H and O–H groups in total. The zero-order chi connectivity index (χ0) is 19.6. The van der Waals surface area contributed by atoms with E-state index in [-0.39, 0.29) is 6.04 Å². The van der Waals surface area contributed by atoms with Gasteiger partial charge in [-0.25, -0.2) is 9.99 Å². The van der Waals surface area contributed by atoms with Crippen LogP contribution in [0.1, 0.15) is 22.9 Å². The molecule has 0 aliphatic carbocycles. The van der Waals surface area contributed by atoms with Gasteiger partial charge in [-0.05, 0) is 41.3 Å². The fourth-order valence-electron chi connectivity index (χ4n) is 3.48. The van der Waals surface area contributed by atoms with Crippen LogP contribution in [0, 0.1) is 0 Å². The zero-order valence-corrected chi connectivity index (χ0v) is 17.5. The first-order chi connectivity index (χ1) is 14.3. The normalized spacial score (nSPS) is 16.1. The van der Waals surface area contributed by atoms with E-state index in [2.05, 4.69) is 58.2 Å². The van der Waals surface area contributed by atoms with Crippen molar-refractivity contribution in [1.82, 2.24) is 4.98 Å². The third-order valence-corrected chi connectivity index (χ3v) is 6.72. The fourth-order valence-corrected chi connectivity index (χ4v) is 5.03. The van der Waals surface area contributed by atoms with Gasteiger partial charge < -0.3 is 4.74 Å². The van der Waals surface area contributed by atoms with Crippen molar-refractivity contribution in [3.63, 3.8) is 0 Å². The molecule has 4 aromatic rings. The van der Waals surface area contributed by atoms with Crippen molar-refractivity contribution >= 4 is 33.5 Å². The van der Waals surface area contributed by atoms with Gasteiger partial charge in [-0.15, -0.1) is 22.7 Å². The van der Waals surface area contributed by atoms with E-state index in [9.17, 15) is 0 Å².